The van der Waals surface area contributed by atoms with Crippen LogP contribution in [0.4, 0.5) is 4.79 Å². The molecule has 42 heavy (non-hydrogen) atoms. The van der Waals surface area contributed by atoms with Crippen molar-refractivity contribution in [3.05, 3.63) is 11.6 Å². The number of hydrogen-bond acceptors (Lipinski definition) is 3. The third-order valence-corrected chi connectivity index (χ3v) is 13.3. The number of ether oxygens (including phenoxy) is 1. The molecule has 0 aliphatic heterocycles. The number of carbonyl (C=O) groups excluding carboxylic acids is 1. The average molecular weight is 585 g/mol. The molecule has 3 fully saturated rings. The quantitative estimate of drug-likeness (QED) is 0.154. The Kier molecular flexibility index (Phi) is 12.3. The molecule has 3 saturated carbocycles. The SMILES string of the molecule is CCCCCN(CCCNC)C(=O)OC1CCC2(C)C(=CCC3C2CCC2(C)C(CCCC(CC)C(C)C)CCC32)C1. The number of nitrogens with zero attached hydrogens (tertiary/aromatic N) is 1. The summed E-state index contributed by atoms with van der Waals surface area (Å²) in [5, 5.41) is 3.22. The van der Waals surface area contributed by atoms with Crippen LogP contribution in [0.25, 0.3) is 0 Å². The van der Waals surface area contributed by atoms with E-state index in [2.05, 4.69) is 52.9 Å². The number of hydrogen-bond donors (Lipinski definition) is 1. The van der Waals surface area contributed by atoms with Crippen LogP contribution in [0.1, 0.15) is 144 Å². The van der Waals surface area contributed by atoms with Crippen molar-refractivity contribution in [3.8, 4) is 0 Å². The zero-order valence-corrected chi connectivity index (χ0v) is 28.8. The first-order chi connectivity index (χ1) is 20.2. The maximum absolute atomic E-state index is 13.3. The van der Waals surface area contributed by atoms with Crippen LogP contribution >= 0.6 is 0 Å². The van der Waals surface area contributed by atoms with Crippen molar-refractivity contribution in [1.82, 2.24) is 10.2 Å². The molecule has 8 unspecified atom stereocenters. The van der Waals surface area contributed by atoms with E-state index >= 15 is 0 Å². The molecule has 0 heterocycles. The Labute approximate surface area is 260 Å². The number of unbranched alkanes of at least 4 members (excludes halogenated alkanes) is 2. The lowest BCUT2D eigenvalue weighted by atomic mass is 9.47. The molecule has 4 nitrogen and oxygen atoms in total. The number of rotatable bonds is 15. The van der Waals surface area contributed by atoms with Crippen LogP contribution in [-0.2, 0) is 4.74 Å². The highest BCUT2D eigenvalue weighted by molar-refractivity contribution is 5.67. The summed E-state index contributed by atoms with van der Waals surface area (Å²) in [6.07, 6.45) is 22.9. The third kappa shape index (κ3) is 7.43. The molecule has 0 spiro atoms. The van der Waals surface area contributed by atoms with Crippen molar-refractivity contribution in [3.63, 3.8) is 0 Å². The Morgan fingerprint density at radius 1 is 1.02 bits per heavy atom. The van der Waals surface area contributed by atoms with Crippen LogP contribution in [0.15, 0.2) is 11.6 Å². The molecule has 4 rings (SSSR count). The van der Waals surface area contributed by atoms with Crippen LogP contribution in [-0.4, -0.2) is 43.8 Å². The molecule has 0 radical (unpaired) electrons. The van der Waals surface area contributed by atoms with E-state index in [1.807, 2.05) is 11.9 Å². The molecule has 1 amide bonds. The van der Waals surface area contributed by atoms with Gasteiger partial charge in [-0.25, -0.2) is 4.79 Å². The normalized spacial score (nSPS) is 34.8. The second-order valence-electron chi connectivity index (χ2n) is 15.8. The minimum Gasteiger partial charge on any atom is -0.446 e. The molecule has 4 aliphatic rings. The van der Waals surface area contributed by atoms with Crippen molar-refractivity contribution in [2.24, 2.45) is 46.3 Å². The minimum absolute atomic E-state index is 0.0499. The van der Waals surface area contributed by atoms with E-state index in [1.165, 1.54) is 77.0 Å². The molecular formula is C38H68N2O2. The second-order valence-corrected chi connectivity index (χ2v) is 15.8. The van der Waals surface area contributed by atoms with E-state index in [0.717, 1.165) is 80.8 Å². The van der Waals surface area contributed by atoms with Gasteiger partial charge in [-0.3, -0.25) is 0 Å². The zero-order valence-electron chi connectivity index (χ0n) is 28.8. The molecule has 242 valence electrons. The molecule has 0 saturated heterocycles. The minimum atomic E-state index is -0.0748. The van der Waals surface area contributed by atoms with Gasteiger partial charge in [-0.05, 0) is 124 Å². The standard InChI is InChI=1S/C38H68N2O2/c1-8-10-11-25-40(26-13-24-39-7)36(41)42-32-20-22-38(6)31(27-32)16-18-33-34-19-17-30(37(34,5)23-21-35(33)38)15-12-14-29(9-2)28(3)4/h16,28-30,32-35,39H,8-15,17-27H2,1-7H3. The Balaban J connectivity index is 1.35. The van der Waals surface area contributed by atoms with Gasteiger partial charge in [0.2, 0.25) is 0 Å². The summed E-state index contributed by atoms with van der Waals surface area (Å²) in [7, 11) is 1.98. The van der Waals surface area contributed by atoms with Crippen LogP contribution in [0.2, 0.25) is 0 Å². The lowest BCUT2D eigenvalue weighted by Crippen LogP contribution is -2.50. The number of allylic oxidation sites excluding steroid dienone is 1. The van der Waals surface area contributed by atoms with E-state index in [1.54, 1.807) is 5.57 Å². The number of carbonyl (C=O) groups is 1. The summed E-state index contributed by atoms with van der Waals surface area (Å²) in [6, 6.07) is 0. The van der Waals surface area contributed by atoms with Gasteiger partial charge in [-0.15, -0.1) is 0 Å². The predicted molar refractivity (Wildman–Crippen MR) is 178 cm³/mol. The first kappa shape index (κ1) is 33.9. The van der Waals surface area contributed by atoms with Gasteiger partial charge in [-0.1, -0.05) is 85.3 Å². The topological polar surface area (TPSA) is 41.6 Å². The molecule has 4 aliphatic carbocycles. The summed E-state index contributed by atoms with van der Waals surface area (Å²) in [5.41, 5.74) is 2.49. The summed E-state index contributed by atoms with van der Waals surface area (Å²) >= 11 is 0. The molecule has 0 aromatic rings. The Morgan fingerprint density at radius 2 is 1.81 bits per heavy atom. The fourth-order valence-corrected chi connectivity index (χ4v) is 10.5. The van der Waals surface area contributed by atoms with Crippen LogP contribution in [0, 0.1) is 46.3 Å². The molecule has 0 aromatic carbocycles. The van der Waals surface area contributed by atoms with Crippen molar-refractivity contribution in [2.75, 3.05) is 26.7 Å². The highest BCUT2D eigenvalue weighted by atomic mass is 16.6. The van der Waals surface area contributed by atoms with Gasteiger partial charge in [0.15, 0.2) is 0 Å². The van der Waals surface area contributed by atoms with Crippen molar-refractivity contribution >= 4 is 6.09 Å². The first-order valence-corrected chi connectivity index (χ1v) is 18.5. The van der Waals surface area contributed by atoms with Gasteiger partial charge in [-0.2, -0.15) is 0 Å². The Morgan fingerprint density at radius 3 is 2.52 bits per heavy atom. The molecule has 8 atom stereocenters. The predicted octanol–water partition coefficient (Wildman–Crippen LogP) is 10.0. The highest BCUT2D eigenvalue weighted by Gasteiger charge is 2.58. The lowest BCUT2D eigenvalue weighted by molar-refractivity contribution is -0.0535. The van der Waals surface area contributed by atoms with E-state index in [9.17, 15) is 4.79 Å². The lowest BCUT2D eigenvalue weighted by Gasteiger charge is -2.58. The Hall–Kier alpha value is -1.03. The maximum atomic E-state index is 13.3. The second kappa shape index (κ2) is 15.3. The smallest absolute Gasteiger partial charge is 0.410 e. The molecule has 0 aromatic heterocycles. The highest BCUT2D eigenvalue weighted by Crippen LogP contribution is 2.66. The van der Waals surface area contributed by atoms with E-state index < -0.39 is 0 Å². The molecular weight excluding hydrogens is 516 g/mol. The fourth-order valence-electron chi connectivity index (χ4n) is 10.5. The van der Waals surface area contributed by atoms with E-state index in [0.29, 0.717) is 10.8 Å². The van der Waals surface area contributed by atoms with E-state index in [-0.39, 0.29) is 12.2 Å². The summed E-state index contributed by atoms with van der Waals surface area (Å²) in [6.45, 7) is 17.3. The fraction of sp³-hybridized carbons (Fsp3) is 0.921. The van der Waals surface area contributed by atoms with Gasteiger partial charge in [0.25, 0.3) is 0 Å². The first-order valence-electron chi connectivity index (χ1n) is 18.5. The van der Waals surface area contributed by atoms with Gasteiger partial charge < -0.3 is 15.0 Å². The number of fused-ring (bicyclic) bond motifs is 5. The van der Waals surface area contributed by atoms with Crippen molar-refractivity contribution in [2.45, 2.75) is 150 Å². The zero-order chi connectivity index (χ0) is 30.3. The number of nitrogens with one attached hydrogen (secondary N) is 1. The van der Waals surface area contributed by atoms with Crippen LogP contribution in [0.3, 0.4) is 0 Å². The van der Waals surface area contributed by atoms with Gasteiger partial charge in [0.05, 0.1) is 0 Å². The summed E-state index contributed by atoms with van der Waals surface area (Å²) in [4.78, 5) is 15.3. The van der Waals surface area contributed by atoms with Gasteiger partial charge >= 0.3 is 6.09 Å². The molecule has 4 heteroatoms. The van der Waals surface area contributed by atoms with Crippen molar-refractivity contribution in [1.29, 1.82) is 0 Å². The molecule has 1 N–H and O–H groups in total. The summed E-state index contributed by atoms with van der Waals surface area (Å²) < 4.78 is 6.25. The maximum Gasteiger partial charge on any atom is 0.410 e. The van der Waals surface area contributed by atoms with E-state index in [4.69, 9.17) is 4.74 Å². The van der Waals surface area contributed by atoms with Gasteiger partial charge in [0, 0.05) is 19.5 Å². The number of amides is 1. The van der Waals surface area contributed by atoms with Crippen molar-refractivity contribution < 1.29 is 9.53 Å². The Bertz CT molecular complexity index is 874. The monoisotopic (exact) mass is 585 g/mol. The van der Waals surface area contributed by atoms with Gasteiger partial charge in [0.1, 0.15) is 6.10 Å². The van der Waals surface area contributed by atoms with Crippen LogP contribution in [0.5, 0.6) is 0 Å². The van der Waals surface area contributed by atoms with Crippen LogP contribution < -0.4 is 5.32 Å². The third-order valence-electron chi connectivity index (χ3n) is 13.3. The summed E-state index contributed by atoms with van der Waals surface area (Å²) in [5.74, 6) is 5.27. The average Bonchev–Trinajstić information content (AvgIpc) is 3.30. The largest absolute Gasteiger partial charge is 0.446 e. The molecule has 0 bridgehead atoms.